The molecule has 2 saturated heterocycles. The number of alkyl halides is 3. The molecule has 3 aliphatic rings. The summed E-state index contributed by atoms with van der Waals surface area (Å²) < 4.78 is 43.2. The number of likely N-dealkylation sites (tertiary alicyclic amines) is 2. The molecule has 0 spiro atoms. The minimum Gasteiger partial charge on any atom is -0.390 e. The number of halogens is 3. The van der Waals surface area contributed by atoms with E-state index in [4.69, 9.17) is 0 Å². The lowest BCUT2D eigenvalue weighted by Gasteiger charge is -2.35. The number of aromatic nitrogens is 2. The number of rotatable bonds is 6. The van der Waals surface area contributed by atoms with Crippen LogP contribution in [0.1, 0.15) is 54.5 Å². The fourth-order valence-corrected chi connectivity index (χ4v) is 5.93. The Morgan fingerprint density at radius 3 is 2.44 bits per heavy atom. The van der Waals surface area contributed by atoms with E-state index in [1.807, 2.05) is 35.2 Å². The lowest BCUT2D eigenvalue weighted by molar-refractivity contribution is -0.153. The van der Waals surface area contributed by atoms with Gasteiger partial charge in [0.2, 0.25) is 5.91 Å². The summed E-state index contributed by atoms with van der Waals surface area (Å²) in [6.45, 7) is 3.20. The summed E-state index contributed by atoms with van der Waals surface area (Å²) in [5, 5.41) is 18.2. The average Bonchev–Trinajstić information content (AvgIpc) is 3.54. The predicted molar refractivity (Wildman–Crippen MR) is 128 cm³/mol. The van der Waals surface area contributed by atoms with E-state index in [1.165, 1.54) is 10.9 Å². The molecule has 2 aromatic rings. The van der Waals surface area contributed by atoms with Gasteiger partial charge >= 0.3 is 6.18 Å². The van der Waals surface area contributed by atoms with E-state index in [2.05, 4.69) is 15.3 Å². The number of amides is 1. The summed E-state index contributed by atoms with van der Waals surface area (Å²) >= 11 is 0. The van der Waals surface area contributed by atoms with Crippen LogP contribution in [0.2, 0.25) is 0 Å². The second-order valence-corrected chi connectivity index (χ2v) is 10.3. The smallest absolute Gasteiger partial charge is 0.390 e. The van der Waals surface area contributed by atoms with Gasteiger partial charge in [-0.15, -0.1) is 0 Å². The molecule has 196 valence electrons. The standard InChI is InChI=1S/C26H34F3N5O2/c27-26(28,29)22-15-30-23(18-6-2-1-3-7-18)21-14-31-34(24(21)22)17-20(35)16-32-12-8-19(9-13-32)25(36)33-10-4-5-11-33/h1-3,6-7,14,19-20,22-23,30,35H,4-5,8-13,15-17H2. The highest BCUT2D eigenvalue weighted by molar-refractivity contribution is 5.79. The maximum atomic E-state index is 13.9. The fraction of sp³-hybridized carbons (Fsp3) is 0.615. The molecule has 0 bridgehead atoms. The molecular formula is C26H34F3N5O2. The zero-order chi connectivity index (χ0) is 25.3. The lowest BCUT2D eigenvalue weighted by atomic mass is 9.88. The molecule has 5 rings (SSSR count). The highest BCUT2D eigenvalue weighted by Gasteiger charge is 2.47. The quantitative estimate of drug-likeness (QED) is 0.632. The number of aliphatic hydroxyl groups is 1. The molecule has 2 fully saturated rings. The highest BCUT2D eigenvalue weighted by atomic mass is 19.4. The zero-order valence-corrected chi connectivity index (χ0v) is 20.3. The largest absolute Gasteiger partial charge is 0.398 e. The van der Waals surface area contributed by atoms with Gasteiger partial charge in [0.05, 0.1) is 30.6 Å². The van der Waals surface area contributed by atoms with Crippen LogP contribution in [0, 0.1) is 5.92 Å². The number of nitrogens with zero attached hydrogens (tertiary/aromatic N) is 4. The number of piperidine rings is 1. The molecule has 0 saturated carbocycles. The monoisotopic (exact) mass is 505 g/mol. The summed E-state index contributed by atoms with van der Waals surface area (Å²) in [5.41, 5.74) is 1.51. The molecule has 3 aliphatic heterocycles. The second kappa shape index (κ2) is 10.5. The number of β-amino-alcohol motifs (C(OH)–C–C–N with tert-alkyl or cyclic N) is 1. The van der Waals surface area contributed by atoms with Gasteiger partial charge in [0.15, 0.2) is 0 Å². The summed E-state index contributed by atoms with van der Waals surface area (Å²) in [5.74, 6) is -1.41. The predicted octanol–water partition coefficient (Wildman–Crippen LogP) is 2.92. The van der Waals surface area contributed by atoms with Gasteiger partial charge in [0, 0.05) is 37.7 Å². The summed E-state index contributed by atoms with van der Waals surface area (Å²) in [6.07, 6.45) is -0.134. The number of carbonyl (C=O) groups excluding carboxylic acids is 1. The van der Waals surface area contributed by atoms with Gasteiger partial charge in [-0.1, -0.05) is 30.3 Å². The topological polar surface area (TPSA) is 73.6 Å². The van der Waals surface area contributed by atoms with Crippen LogP contribution < -0.4 is 5.32 Å². The summed E-state index contributed by atoms with van der Waals surface area (Å²) in [6, 6.07) is 9.00. The van der Waals surface area contributed by atoms with Crippen LogP contribution in [-0.4, -0.2) is 82.1 Å². The third-order valence-corrected chi connectivity index (χ3v) is 7.81. The molecule has 10 heteroatoms. The van der Waals surface area contributed by atoms with Crippen molar-refractivity contribution in [3.8, 4) is 0 Å². The van der Waals surface area contributed by atoms with E-state index in [0.29, 0.717) is 25.2 Å². The Hall–Kier alpha value is -2.43. The van der Waals surface area contributed by atoms with Crippen LogP contribution in [-0.2, 0) is 11.3 Å². The van der Waals surface area contributed by atoms with E-state index in [1.54, 1.807) is 0 Å². The number of benzene rings is 1. The number of fused-ring (bicyclic) bond motifs is 1. The Morgan fingerprint density at radius 1 is 1.08 bits per heavy atom. The highest BCUT2D eigenvalue weighted by Crippen LogP contribution is 2.42. The fourth-order valence-electron chi connectivity index (χ4n) is 5.93. The van der Waals surface area contributed by atoms with Gasteiger partial charge in [-0.3, -0.25) is 9.48 Å². The van der Waals surface area contributed by atoms with Crippen LogP contribution in [0.25, 0.3) is 0 Å². The third-order valence-electron chi connectivity index (χ3n) is 7.81. The van der Waals surface area contributed by atoms with Crippen LogP contribution in [0.3, 0.4) is 0 Å². The van der Waals surface area contributed by atoms with Gasteiger partial charge in [0.25, 0.3) is 0 Å². The van der Waals surface area contributed by atoms with Crippen LogP contribution in [0.4, 0.5) is 13.2 Å². The van der Waals surface area contributed by atoms with Crippen LogP contribution in [0.15, 0.2) is 36.5 Å². The Balaban J connectivity index is 1.24. The molecule has 3 unspecified atom stereocenters. The SMILES string of the molecule is O=C(C1CCN(CC(O)Cn2ncc3c2C(C(F)(F)F)CNC3c2ccccc2)CC1)N1CCCC1. The van der Waals surface area contributed by atoms with Gasteiger partial charge in [0.1, 0.15) is 5.92 Å². The van der Waals surface area contributed by atoms with Gasteiger partial charge in [-0.2, -0.15) is 18.3 Å². The maximum Gasteiger partial charge on any atom is 0.398 e. The van der Waals surface area contributed by atoms with Crippen molar-refractivity contribution >= 4 is 5.91 Å². The Bertz CT molecular complexity index is 1030. The molecule has 36 heavy (non-hydrogen) atoms. The van der Waals surface area contributed by atoms with Crippen molar-refractivity contribution in [2.24, 2.45) is 5.92 Å². The minimum absolute atomic E-state index is 0.00391. The number of hydrogen-bond acceptors (Lipinski definition) is 5. The second-order valence-electron chi connectivity index (χ2n) is 10.3. The lowest BCUT2D eigenvalue weighted by Crippen LogP contribution is -2.45. The Kier molecular flexibility index (Phi) is 7.37. The molecule has 0 aliphatic carbocycles. The van der Waals surface area contributed by atoms with Gasteiger partial charge in [-0.05, 0) is 44.3 Å². The van der Waals surface area contributed by atoms with E-state index in [-0.39, 0.29) is 36.7 Å². The van der Waals surface area contributed by atoms with Crippen LogP contribution >= 0.6 is 0 Å². The summed E-state index contributed by atoms with van der Waals surface area (Å²) in [4.78, 5) is 16.7. The van der Waals surface area contributed by atoms with Crippen molar-refractivity contribution in [2.75, 3.05) is 39.3 Å². The first-order valence-electron chi connectivity index (χ1n) is 12.9. The van der Waals surface area contributed by atoms with Crippen LogP contribution in [0.5, 0.6) is 0 Å². The Morgan fingerprint density at radius 2 is 1.78 bits per heavy atom. The summed E-state index contributed by atoms with van der Waals surface area (Å²) in [7, 11) is 0. The number of nitrogens with one attached hydrogen (secondary N) is 1. The molecule has 1 aromatic carbocycles. The molecule has 7 nitrogen and oxygen atoms in total. The van der Waals surface area contributed by atoms with Crippen molar-refractivity contribution in [2.45, 2.75) is 56.5 Å². The van der Waals surface area contributed by atoms with E-state index in [9.17, 15) is 23.1 Å². The minimum atomic E-state index is -4.42. The first-order valence-corrected chi connectivity index (χ1v) is 12.9. The molecule has 2 N–H and O–H groups in total. The van der Waals surface area contributed by atoms with Crippen molar-refractivity contribution in [3.05, 3.63) is 53.3 Å². The molecule has 0 radical (unpaired) electrons. The third kappa shape index (κ3) is 5.31. The van der Waals surface area contributed by atoms with Crippen molar-refractivity contribution < 1.29 is 23.1 Å². The van der Waals surface area contributed by atoms with Gasteiger partial charge < -0.3 is 20.2 Å². The first kappa shape index (κ1) is 25.2. The molecular weight excluding hydrogens is 471 g/mol. The molecule has 4 heterocycles. The van der Waals surface area contributed by atoms with E-state index >= 15 is 0 Å². The first-order chi connectivity index (χ1) is 17.3. The van der Waals surface area contributed by atoms with Crippen molar-refractivity contribution in [3.63, 3.8) is 0 Å². The Labute approximate surface area is 209 Å². The zero-order valence-electron chi connectivity index (χ0n) is 20.3. The molecule has 1 aromatic heterocycles. The van der Waals surface area contributed by atoms with E-state index < -0.39 is 18.2 Å². The maximum absolute atomic E-state index is 13.9. The number of aliphatic hydroxyl groups excluding tert-OH is 1. The average molecular weight is 506 g/mol. The van der Waals surface area contributed by atoms with Crippen molar-refractivity contribution in [1.29, 1.82) is 0 Å². The molecule has 3 atom stereocenters. The number of hydrogen-bond donors (Lipinski definition) is 2. The van der Waals surface area contributed by atoms with Crippen molar-refractivity contribution in [1.82, 2.24) is 24.9 Å². The number of carbonyl (C=O) groups is 1. The van der Waals surface area contributed by atoms with E-state index in [0.717, 1.165) is 44.3 Å². The van der Waals surface area contributed by atoms with Gasteiger partial charge in [-0.25, -0.2) is 0 Å². The molecule has 1 amide bonds. The normalized spacial score (nSPS) is 24.6.